The number of nitrogens with one attached hydrogen (secondary N) is 2. The Morgan fingerprint density at radius 2 is 1.96 bits per heavy atom. The highest BCUT2D eigenvalue weighted by molar-refractivity contribution is 9.10. The quantitative estimate of drug-likeness (QED) is 0.671. The first-order valence-electron chi connectivity index (χ1n) is 8.90. The smallest absolute Gasteiger partial charge is 0.241 e. The summed E-state index contributed by atoms with van der Waals surface area (Å²) in [5, 5.41) is 6.17. The van der Waals surface area contributed by atoms with E-state index in [1.165, 1.54) is 0 Å². The first-order valence-corrected chi connectivity index (χ1v) is 10.1. The fraction of sp³-hybridized carbons (Fsp3) is 0.300. The average Bonchev–Trinajstić information content (AvgIpc) is 3.13. The standard InChI is InChI=1S/C20H21BrClN3O3/c1-28-15-7-5-14(6-8-15)23-20(27)18-3-2-10-25(18)12-19(26)24-17-9-4-13(21)11-16(17)22/h4-9,11,18H,2-3,10,12H2,1H3,(H,23,27)(H,24,26). The van der Waals surface area contributed by atoms with Crippen molar-refractivity contribution >= 4 is 50.7 Å². The Bertz CT molecular complexity index is 860. The van der Waals surface area contributed by atoms with Gasteiger partial charge in [0, 0.05) is 10.2 Å². The number of likely N-dealkylation sites (tertiary alicyclic amines) is 1. The van der Waals surface area contributed by atoms with E-state index in [4.69, 9.17) is 16.3 Å². The molecular weight excluding hydrogens is 446 g/mol. The van der Waals surface area contributed by atoms with Crippen LogP contribution in [0.1, 0.15) is 12.8 Å². The van der Waals surface area contributed by atoms with Gasteiger partial charge in [0.15, 0.2) is 0 Å². The number of hydrogen-bond donors (Lipinski definition) is 2. The monoisotopic (exact) mass is 465 g/mol. The van der Waals surface area contributed by atoms with Crippen LogP contribution in [0, 0.1) is 0 Å². The van der Waals surface area contributed by atoms with Crippen LogP contribution in [0.4, 0.5) is 11.4 Å². The third kappa shape index (κ3) is 5.25. The minimum Gasteiger partial charge on any atom is -0.497 e. The molecule has 0 aliphatic carbocycles. The first-order chi connectivity index (χ1) is 13.5. The Labute approximate surface area is 177 Å². The van der Waals surface area contributed by atoms with Crippen molar-refractivity contribution in [3.8, 4) is 5.75 Å². The molecule has 2 amide bonds. The number of benzene rings is 2. The summed E-state index contributed by atoms with van der Waals surface area (Å²) >= 11 is 9.49. The summed E-state index contributed by atoms with van der Waals surface area (Å²) in [6.45, 7) is 0.829. The molecule has 1 unspecified atom stereocenters. The van der Waals surface area contributed by atoms with Crippen LogP contribution >= 0.6 is 27.5 Å². The molecule has 0 aromatic heterocycles. The highest BCUT2D eigenvalue weighted by Gasteiger charge is 2.32. The van der Waals surface area contributed by atoms with Crippen LogP contribution in [-0.4, -0.2) is 43.0 Å². The summed E-state index contributed by atoms with van der Waals surface area (Å²) in [5.41, 5.74) is 1.25. The normalized spacial score (nSPS) is 16.6. The topological polar surface area (TPSA) is 70.7 Å². The maximum absolute atomic E-state index is 12.7. The van der Waals surface area contributed by atoms with Gasteiger partial charge in [-0.1, -0.05) is 27.5 Å². The third-order valence-electron chi connectivity index (χ3n) is 4.58. The number of nitrogens with zero attached hydrogens (tertiary/aromatic N) is 1. The molecule has 2 aromatic carbocycles. The Morgan fingerprint density at radius 1 is 1.21 bits per heavy atom. The van der Waals surface area contributed by atoms with Crippen LogP contribution < -0.4 is 15.4 Å². The Morgan fingerprint density at radius 3 is 2.64 bits per heavy atom. The predicted octanol–water partition coefficient (Wildman–Crippen LogP) is 4.15. The van der Waals surface area contributed by atoms with E-state index in [2.05, 4.69) is 26.6 Å². The van der Waals surface area contributed by atoms with Crippen LogP contribution in [0.5, 0.6) is 5.75 Å². The van der Waals surface area contributed by atoms with Gasteiger partial charge in [-0.2, -0.15) is 0 Å². The molecule has 0 bridgehead atoms. The highest BCUT2D eigenvalue weighted by Crippen LogP contribution is 2.26. The predicted molar refractivity (Wildman–Crippen MR) is 114 cm³/mol. The van der Waals surface area contributed by atoms with Gasteiger partial charge in [-0.15, -0.1) is 0 Å². The van der Waals surface area contributed by atoms with E-state index in [9.17, 15) is 9.59 Å². The van der Waals surface area contributed by atoms with Gasteiger partial charge in [-0.05, 0) is 61.9 Å². The number of rotatable bonds is 6. The van der Waals surface area contributed by atoms with Gasteiger partial charge >= 0.3 is 0 Å². The van der Waals surface area contributed by atoms with Gasteiger partial charge in [0.05, 0.1) is 30.4 Å². The van der Waals surface area contributed by atoms with E-state index < -0.39 is 0 Å². The number of carbonyl (C=O) groups is 2. The Hall–Kier alpha value is -2.09. The molecule has 1 heterocycles. The molecule has 1 aliphatic heterocycles. The van der Waals surface area contributed by atoms with Crippen molar-refractivity contribution in [2.45, 2.75) is 18.9 Å². The molecule has 0 radical (unpaired) electrons. The molecule has 8 heteroatoms. The van der Waals surface area contributed by atoms with Crippen molar-refractivity contribution in [2.24, 2.45) is 0 Å². The largest absolute Gasteiger partial charge is 0.497 e. The molecule has 148 valence electrons. The van der Waals surface area contributed by atoms with Crippen LogP contribution in [-0.2, 0) is 9.59 Å². The zero-order valence-corrected chi connectivity index (χ0v) is 17.7. The molecule has 1 aliphatic rings. The SMILES string of the molecule is COc1ccc(NC(=O)C2CCCN2CC(=O)Nc2ccc(Br)cc2Cl)cc1. The minimum atomic E-state index is -0.340. The number of amides is 2. The number of halogens is 2. The second kappa shape index (κ2) is 9.41. The average molecular weight is 467 g/mol. The van der Waals surface area contributed by atoms with E-state index >= 15 is 0 Å². The van der Waals surface area contributed by atoms with E-state index in [1.807, 2.05) is 11.0 Å². The van der Waals surface area contributed by atoms with Crippen LogP contribution in [0.25, 0.3) is 0 Å². The van der Waals surface area contributed by atoms with Gasteiger partial charge < -0.3 is 15.4 Å². The number of methoxy groups -OCH3 is 1. The molecule has 2 aromatic rings. The molecule has 1 atom stereocenters. The number of anilines is 2. The Balaban J connectivity index is 1.58. The molecular formula is C20H21BrClN3O3. The second-order valence-corrected chi connectivity index (χ2v) is 7.84. The third-order valence-corrected chi connectivity index (χ3v) is 5.38. The van der Waals surface area contributed by atoms with E-state index in [-0.39, 0.29) is 24.4 Å². The van der Waals surface area contributed by atoms with Crippen molar-refractivity contribution < 1.29 is 14.3 Å². The summed E-state index contributed by atoms with van der Waals surface area (Å²) in [6, 6.07) is 12.1. The molecule has 1 saturated heterocycles. The van der Waals surface area contributed by atoms with Gasteiger partial charge in [-0.3, -0.25) is 14.5 Å². The van der Waals surface area contributed by atoms with Crippen molar-refractivity contribution in [3.63, 3.8) is 0 Å². The lowest BCUT2D eigenvalue weighted by Gasteiger charge is -2.23. The maximum atomic E-state index is 12.7. The summed E-state index contributed by atoms with van der Waals surface area (Å²) in [6.07, 6.45) is 1.58. The lowest BCUT2D eigenvalue weighted by molar-refractivity contribution is -0.122. The van der Waals surface area contributed by atoms with Crippen molar-refractivity contribution in [1.82, 2.24) is 4.90 Å². The summed E-state index contributed by atoms with van der Waals surface area (Å²) in [4.78, 5) is 27.0. The lowest BCUT2D eigenvalue weighted by Crippen LogP contribution is -2.43. The maximum Gasteiger partial charge on any atom is 0.241 e. The van der Waals surface area contributed by atoms with Crippen molar-refractivity contribution in [3.05, 3.63) is 52.0 Å². The van der Waals surface area contributed by atoms with Crippen molar-refractivity contribution in [2.75, 3.05) is 30.8 Å². The van der Waals surface area contributed by atoms with Crippen LogP contribution in [0.3, 0.4) is 0 Å². The van der Waals surface area contributed by atoms with Gasteiger partial charge in [0.2, 0.25) is 11.8 Å². The fourth-order valence-electron chi connectivity index (χ4n) is 3.18. The van der Waals surface area contributed by atoms with E-state index in [0.29, 0.717) is 29.4 Å². The van der Waals surface area contributed by atoms with Gasteiger partial charge in [-0.25, -0.2) is 0 Å². The molecule has 6 nitrogen and oxygen atoms in total. The van der Waals surface area contributed by atoms with Crippen molar-refractivity contribution in [1.29, 1.82) is 0 Å². The molecule has 0 spiro atoms. The Kier molecular flexibility index (Phi) is 6.93. The van der Waals surface area contributed by atoms with Crippen LogP contribution in [0.15, 0.2) is 46.9 Å². The van der Waals surface area contributed by atoms with Gasteiger partial charge in [0.1, 0.15) is 5.75 Å². The molecule has 28 heavy (non-hydrogen) atoms. The summed E-state index contributed by atoms with van der Waals surface area (Å²) in [7, 11) is 1.59. The zero-order valence-electron chi connectivity index (χ0n) is 15.4. The lowest BCUT2D eigenvalue weighted by atomic mass is 10.2. The molecule has 0 saturated carbocycles. The first kappa shape index (κ1) is 20.6. The molecule has 3 rings (SSSR count). The number of hydrogen-bond acceptors (Lipinski definition) is 4. The minimum absolute atomic E-state index is 0.114. The number of carbonyl (C=O) groups excluding carboxylic acids is 2. The van der Waals surface area contributed by atoms with Crippen LogP contribution in [0.2, 0.25) is 5.02 Å². The second-order valence-electron chi connectivity index (χ2n) is 6.52. The molecule has 2 N–H and O–H groups in total. The van der Waals surface area contributed by atoms with Gasteiger partial charge in [0.25, 0.3) is 0 Å². The number of ether oxygens (including phenoxy) is 1. The molecule has 1 fully saturated rings. The van der Waals surface area contributed by atoms with E-state index in [1.54, 1.807) is 43.5 Å². The fourth-order valence-corrected chi connectivity index (χ4v) is 3.90. The van der Waals surface area contributed by atoms with E-state index in [0.717, 1.165) is 16.6 Å². The summed E-state index contributed by atoms with van der Waals surface area (Å²) < 4.78 is 5.96. The highest BCUT2D eigenvalue weighted by atomic mass is 79.9. The summed E-state index contributed by atoms with van der Waals surface area (Å²) in [5.74, 6) is 0.411. The zero-order chi connectivity index (χ0) is 20.1.